The van der Waals surface area contributed by atoms with Crippen LogP contribution in [0, 0.1) is 0 Å². The van der Waals surface area contributed by atoms with Crippen molar-refractivity contribution < 1.29 is 14.3 Å². The van der Waals surface area contributed by atoms with Gasteiger partial charge in [0.15, 0.2) is 0 Å². The molecule has 0 bridgehead atoms. The van der Waals surface area contributed by atoms with Gasteiger partial charge in [-0.15, -0.1) is 0 Å². The van der Waals surface area contributed by atoms with Gasteiger partial charge in [0.2, 0.25) is 5.91 Å². The number of esters is 1. The molecule has 1 aromatic carbocycles. The van der Waals surface area contributed by atoms with Crippen LogP contribution in [0.5, 0.6) is 0 Å². The molecule has 0 aliphatic heterocycles. The minimum atomic E-state index is -0.468. The first-order valence-corrected chi connectivity index (χ1v) is 5.77. The summed E-state index contributed by atoms with van der Waals surface area (Å²) in [6, 6.07) is 7.93. The molecular weight excluding hydrogens is 230 g/mol. The van der Waals surface area contributed by atoms with E-state index >= 15 is 0 Å². The summed E-state index contributed by atoms with van der Waals surface area (Å²) in [5, 5.41) is 2.43. The van der Waals surface area contributed by atoms with E-state index < -0.39 is 5.97 Å². The highest BCUT2D eigenvalue weighted by atomic mass is 16.5. The lowest BCUT2D eigenvalue weighted by Gasteiger charge is -2.00. The molecule has 0 unspecified atom stereocenters. The molecule has 0 saturated carbocycles. The molecule has 0 fully saturated rings. The maximum atomic E-state index is 11.4. The lowest BCUT2D eigenvalue weighted by atomic mass is 10.1. The Morgan fingerprint density at radius 1 is 1.28 bits per heavy atom. The van der Waals surface area contributed by atoms with Crippen LogP contribution in [-0.4, -0.2) is 25.5 Å². The van der Waals surface area contributed by atoms with Crippen molar-refractivity contribution in [3.05, 3.63) is 41.5 Å². The largest absolute Gasteiger partial charge is 0.468 e. The first kappa shape index (κ1) is 14.0. The summed E-state index contributed by atoms with van der Waals surface area (Å²) >= 11 is 0. The molecule has 18 heavy (non-hydrogen) atoms. The Hall–Kier alpha value is -2.10. The maximum Gasteiger partial charge on any atom is 0.325 e. The zero-order valence-electron chi connectivity index (χ0n) is 10.6. The Morgan fingerprint density at radius 3 is 2.50 bits per heavy atom. The van der Waals surface area contributed by atoms with Crippen LogP contribution in [0.4, 0.5) is 0 Å². The van der Waals surface area contributed by atoms with Crippen LogP contribution in [0.3, 0.4) is 0 Å². The van der Waals surface area contributed by atoms with Gasteiger partial charge in [0, 0.05) is 6.08 Å². The zero-order chi connectivity index (χ0) is 13.4. The highest BCUT2D eigenvalue weighted by Crippen LogP contribution is 2.06. The Morgan fingerprint density at radius 2 is 1.94 bits per heavy atom. The van der Waals surface area contributed by atoms with Crippen LogP contribution in [-0.2, 0) is 20.7 Å². The third-order valence-electron chi connectivity index (χ3n) is 2.45. The predicted molar refractivity (Wildman–Crippen MR) is 69.9 cm³/mol. The van der Waals surface area contributed by atoms with Crippen molar-refractivity contribution in [2.45, 2.75) is 13.3 Å². The summed E-state index contributed by atoms with van der Waals surface area (Å²) in [4.78, 5) is 22.2. The second-order valence-electron chi connectivity index (χ2n) is 3.72. The third kappa shape index (κ3) is 4.82. The molecule has 1 amide bonds. The Kier molecular flexibility index (Phi) is 5.64. The zero-order valence-corrected chi connectivity index (χ0v) is 10.6. The average molecular weight is 247 g/mol. The molecule has 1 aromatic rings. The number of carbonyl (C=O) groups is 2. The first-order valence-electron chi connectivity index (χ1n) is 5.77. The smallest absolute Gasteiger partial charge is 0.325 e. The van der Waals surface area contributed by atoms with E-state index in [-0.39, 0.29) is 12.5 Å². The summed E-state index contributed by atoms with van der Waals surface area (Å²) in [7, 11) is 1.28. The van der Waals surface area contributed by atoms with Crippen molar-refractivity contribution in [2.24, 2.45) is 0 Å². The highest BCUT2D eigenvalue weighted by molar-refractivity contribution is 5.93. The molecular formula is C14H17NO3. The molecule has 0 aromatic heterocycles. The number of amides is 1. The molecule has 4 heteroatoms. The van der Waals surface area contributed by atoms with Crippen molar-refractivity contribution in [1.82, 2.24) is 5.32 Å². The number of aryl methyl sites for hydroxylation is 1. The van der Waals surface area contributed by atoms with Crippen molar-refractivity contribution in [3.8, 4) is 0 Å². The molecule has 0 heterocycles. The number of hydrogen-bond donors (Lipinski definition) is 1. The molecule has 1 rings (SSSR count). The van der Waals surface area contributed by atoms with Gasteiger partial charge in [-0.05, 0) is 23.6 Å². The summed E-state index contributed by atoms with van der Waals surface area (Å²) in [6.07, 6.45) is 4.08. The third-order valence-corrected chi connectivity index (χ3v) is 2.45. The SMILES string of the molecule is CCc1ccc(/C=C/C(=O)NCC(=O)OC)cc1. The fourth-order valence-corrected chi connectivity index (χ4v) is 1.33. The van der Waals surface area contributed by atoms with Crippen molar-refractivity contribution >= 4 is 18.0 Å². The molecule has 1 N–H and O–H groups in total. The summed E-state index contributed by atoms with van der Waals surface area (Å²) in [5.74, 6) is -0.788. The molecule has 96 valence electrons. The van der Waals surface area contributed by atoms with E-state index in [1.54, 1.807) is 6.08 Å². The minimum Gasteiger partial charge on any atom is -0.468 e. The van der Waals surface area contributed by atoms with Crippen molar-refractivity contribution in [1.29, 1.82) is 0 Å². The van der Waals surface area contributed by atoms with Crippen LogP contribution in [0.25, 0.3) is 6.08 Å². The number of benzene rings is 1. The number of methoxy groups -OCH3 is 1. The second kappa shape index (κ2) is 7.27. The number of nitrogens with one attached hydrogen (secondary N) is 1. The summed E-state index contributed by atoms with van der Waals surface area (Å²) in [6.45, 7) is 1.97. The Balaban J connectivity index is 2.47. The van der Waals surface area contributed by atoms with Gasteiger partial charge in [0.1, 0.15) is 6.54 Å². The predicted octanol–water partition coefficient (Wildman–Crippen LogP) is 1.55. The summed E-state index contributed by atoms with van der Waals surface area (Å²) in [5.41, 5.74) is 2.20. The minimum absolute atomic E-state index is 0.117. The number of rotatable bonds is 5. The molecule has 0 saturated heterocycles. The van der Waals surface area contributed by atoms with Gasteiger partial charge in [-0.1, -0.05) is 31.2 Å². The van der Waals surface area contributed by atoms with Gasteiger partial charge < -0.3 is 10.1 Å². The monoisotopic (exact) mass is 247 g/mol. The highest BCUT2D eigenvalue weighted by Gasteiger charge is 2.01. The average Bonchev–Trinajstić information content (AvgIpc) is 2.42. The summed E-state index contributed by atoms with van der Waals surface area (Å²) < 4.78 is 4.41. The van der Waals surface area contributed by atoms with E-state index in [0.29, 0.717) is 0 Å². The second-order valence-corrected chi connectivity index (χ2v) is 3.72. The van der Waals surface area contributed by atoms with E-state index in [1.165, 1.54) is 18.7 Å². The van der Waals surface area contributed by atoms with Crippen LogP contribution in [0.2, 0.25) is 0 Å². The Bertz CT molecular complexity index is 435. The molecule has 4 nitrogen and oxygen atoms in total. The first-order chi connectivity index (χ1) is 8.65. The molecule has 0 radical (unpaired) electrons. The van der Waals surface area contributed by atoms with E-state index in [2.05, 4.69) is 17.0 Å². The van der Waals surface area contributed by atoms with Crippen LogP contribution in [0.1, 0.15) is 18.1 Å². The maximum absolute atomic E-state index is 11.4. The van der Waals surface area contributed by atoms with Gasteiger partial charge >= 0.3 is 5.97 Å². The number of carbonyl (C=O) groups excluding carboxylic acids is 2. The van der Waals surface area contributed by atoms with Gasteiger partial charge in [-0.2, -0.15) is 0 Å². The van der Waals surface area contributed by atoms with Crippen molar-refractivity contribution in [3.63, 3.8) is 0 Å². The van der Waals surface area contributed by atoms with E-state index in [0.717, 1.165) is 12.0 Å². The van der Waals surface area contributed by atoms with Gasteiger partial charge in [-0.25, -0.2) is 0 Å². The Labute approximate surface area is 107 Å². The van der Waals surface area contributed by atoms with E-state index in [1.807, 2.05) is 24.3 Å². The van der Waals surface area contributed by atoms with Crippen LogP contribution < -0.4 is 5.32 Å². The van der Waals surface area contributed by atoms with Crippen LogP contribution >= 0.6 is 0 Å². The fraction of sp³-hybridized carbons (Fsp3) is 0.286. The van der Waals surface area contributed by atoms with Gasteiger partial charge in [-0.3, -0.25) is 9.59 Å². The molecule has 0 spiro atoms. The fourth-order valence-electron chi connectivity index (χ4n) is 1.33. The lowest BCUT2D eigenvalue weighted by Crippen LogP contribution is -2.28. The lowest BCUT2D eigenvalue weighted by molar-refractivity contribution is -0.140. The molecule has 0 aliphatic carbocycles. The standard InChI is InChI=1S/C14H17NO3/c1-3-11-4-6-12(7-5-11)8-9-13(16)15-10-14(17)18-2/h4-9H,3,10H2,1-2H3,(H,15,16)/b9-8+. The van der Waals surface area contributed by atoms with Gasteiger partial charge in [0.05, 0.1) is 7.11 Å². The topological polar surface area (TPSA) is 55.4 Å². The van der Waals surface area contributed by atoms with Crippen molar-refractivity contribution in [2.75, 3.05) is 13.7 Å². The normalized spacial score (nSPS) is 10.3. The quantitative estimate of drug-likeness (QED) is 0.634. The number of ether oxygens (including phenoxy) is 1. The molecule has 0 atom stereocenters. The molecule has 0 aliphatic rings. The van der Waals surface area contributed by atoms with E-state index in [9.17, 15) is 9.59 Å². The van der Waals surface area contributed by atoms with Gasteiger partial charge in [0.25, 0.3) is 0 Å². The number of hydrogen-bond acceptors (Lipinski definition) is 3. The van der Waals surface area contributed by atoms with E-state index in [4.69, 9.17) is 0 Å². The van der Waals surface area contributed by atoms with Crippen LogP contribution in [0.15, 0.2) is 30.3 Å².